The van der Waals surface area contributed by atoms with Gasteiger partial charge in [0.15, 0.2) is 0 Å². The van der Waals surface area contributed by atoms with Gasteiger partial charge in [0.1, 0.15) is 0 Å². The molecule has 0 saturated carbocycles. The summed E-state index contributed by atoms with van der Waals surface area (Å²) in [7, 11) is 1.75. The molecule has 3 heterocycles. The van der Waals surface area contributed by atoms with E-state index in [1.165, 1.54) is 16.9 Å². The molecule has 3 aromatic carbocycles. The van der Waals surface area contributed by atoms with E-state index in [0.717, 1.165) is 28.1 Å². The molecule has 2 amide bonds. The third-order valence-corrected chi connectivity index (χ3v) is 8.06. The molecule has 0 bridgehead atoms. The second-order valence-corrected chi connectivity index (χ2v) is 10.7. The molecule has 0 spiro atoms. The first-order chi connectivity index (χ1) is 20.1. The Morgan fingerprint density at radius 3 is 2.37 bits per heavy atom. The van der Waals surface area contributed by atoms with Gasteiger partial charge in [-0.2, -0.15) is 0 Å². The molecule has 0 radical (unpaired) electrons. The van der Waals surface area contributed by atoms with Crippen molar-refractivity contribution in [2.24, 2.45) is 0 Å². The zero-order valence-electron chi connectivity index (χ0n) is 22.4. The van der Waals surface area contributed by atoms with Crippen molar-refractivity contribution in [2.45, 2.75) is 13.0 Å². The highest BCUT2D eigenvalue weighted by atomic mass is 32.1. The van der Waals surface area contributed by atoms with Gasteiger partial charge < -0.3 is 9.47 Å². The molecule has 202 valence electrons. The molecule has 1 N–H and O–H groups in total. The number of hydrogen-bond donors (Lipinski definition) is 1. The standard InChI is InChI=1S/C33H27N5O2S/c1-37(32(40)25-10-6-3-7-11-25)26-12-13-28-27(22-26)35-33(38(28)21-18-23-8-4-2-5-9-23)36-31(39)30-15-14-29(41-30)24-16-19-34-20-17-24/h2-17,19-20,22H,18,21H2,1H3,(H,35,36,39). The number of fused-ring (bicyclic) bond motifs is 1. The van der Waals surface area contributed by atoms with Crippen LogP contribution in [-0.4, -0.2) is 33.4 Å². The van der Waals surface area contributed by atoms with E-state index in [9.17, 15) is 9.59 Å². The van der Waals surface area contributed by atoms with Crippen LogP contribution >= 0.6 is 11.3 Å². The summed E-state index contributed by atoms with van der Waals surface area (Å²) in [6.45, 7) is 0.626. The van der Waals surface area contributed by atoms with Crippen molar-refractivity contribution in [2.75, 3.05) is 17.3 Å². The molecule has 6 aromatic rings. The van der Waals surface area contributed by atoms with Gasteiger partial charge in [0.05, 0.1) is 15.9 Å². The summed E-state index contributed by atoms with van der Waals surface area (Å²) in [4.78, 5) is 38.5. The van der Waals surface area contributed by atoms with Gasteiger partial charge in [-0.25, -0.2) is 4.98 Å². The molecule has 0 saturated heterocycles. The normalized spacial score (nSPS) is 11.0. The topological polar surface area (TPSA) is 80.1 Å². The summed E-state index contributed by atoms with van der Waals surface area (Å²) < 4.78 is 2.03. The van der Waals surface area contributed by atoms with Crippen molar-refractivity contribution >= 4 is 45.8 Å². The van der Waals surface area contributed by atoms with Crippen molar-refractivity contribution < 1.29 is 9.59 Å². The minimum absolute atomic E-state index is 0.107. The molecule has 0 atom stereocenters. The minimum Gasteiger partial charge on any atom is -0.311 e. The first-order valence-corrected chi connectivity index (χ1v) is 14.1. The fourth-order valence-corrected chi connectivity index (χ4v) is 5.63. The number of thiophene rings is 1. The highest BCUT2D eigenvalue weighted by molar-refractivity contribution is 7.17. The Morgan fingerprint density at radius 2 is 1.61 bits per heavy atom. The Bertz CT molecular complexity index is 1810. The number of imidazole rings is 1. The number of carbonyl (C=O) groups excluding carboxylic acids is 2. The number of hydrogen-bond acceptors (Lipinski definition) is 5. The Labute approximate surface area is 241 Å². The summed E-state index contributed by atoms with van der Waals surface area (Å²) >= 11 is 1.42. The number of aryl methyl sites for hydroxylation is 2. The third kappa shape index (κ3) is 5.64. The van der Waals surface area contributed by atoms with E-state index in [1.54, 1.807) is 36.5 Å². The van der Waals surface area contributed by atoms with Crippen LogP contribution in [0.1, 0.15) is 25.6 Å². The summed E-state index contributed by atoms with van der Waals surface area (Å²) in [5.74, 6) is 0.141. The number of rotatable bonds is 8. The van der Waals surface area contributed by atoms with Gasteiger partial charge in [-0.1, -0.05) is 48.5 Å². The zero-order valence-corrected chi connectivity index (χ0v) is 23.2. The Kier molecular flexibility index (Phi) is 7.38. The maximum absolute atomic E-state index is 13.4. The second-order valence-electron chi connectivity index (χ2n) is 9.58. The van der Waals surface area contributed by atoms with Gasteiger partial charge in [-0.15, -0.1) is 11.3 Å². The van der Waals surface area contributed by atoms with E-state index in [1.807, 2.05) is 83.4 Å². The SMILES string of the molecule is CN(C(=O)c1ccccc1)c1ccc2c(c1)nc(NC(=O)c1ccc(-c3ccncc3)s1)n2CCc1ccccc1. The van der Waals surface area contributed by atoms with Gasteiger partial charge >= 0.3 is 0 Å². The van der Waals surface area contributed by atoms with Crippen LogP contribution < -0.4 is 10.2 Å². The smallest absolute Gasteiger partial charge is 0.268 e. The fraction of sp³-hybridized carbons (Fsp3) is 0.0909. The average molecular weight is 558 g/mol. The van der Waals surface area contributed by atoms with Crippen LogP contribution in [0.5, 0.6) is 0 Å². The molecule has 41 heavy (non-hydrogen) atoms. The van der Waals surface area contributed by atoms with Gasteiger partial charge in [0.2, 0.25) is 5.95 Å². The van der Waals surface area contributed by atoms with Crippen molar-refractivity contribution in [3.05, 3.63) is 132 Å². The predicted octanol–water partition coefficient (Wildman–Crippen LogP) is 6.93. The number of pyridine rings is 1. The minimum atomic E-state index is -0.219. The Balaban J connectivity index is 1.31. The average Bonchev–Trinajstić information content (AvgIpc) is 3.65. The molecule has 0 aliphatic rings. The molecular formula is C33H27N5O2S. The van der Waals surface area contributed by atoms with Crippen molar-refractivity contribution in [3.8, 4) is 10.4 Å². The predicted molar refractivity (Wildman–Crippen MR) is 165 cm³/mol. The number of anilines is 2. The molecule has 0 aliphatic heterocycles. The summed E-state index contributed by atoms with van der Waals surface area (Å²) in [6, 6.07) is 32.8. The molecule has 0 fully saturated rings. The number of nitrogens with zero attached hydrogens (tertiary/aromatic N) is 4. The molecule has 8 heteroatoms. The van der Waals surface area contributed by atoms with E-state index >= 15 is 0 Å². The van der Waals surface area contributed by atoms with Crippen LogP contribution in [0.2, 0.25) is 0 Å². The maximum atomic E-state index is 13.4. The van der Waals surface area contributed by atoms with Gasteiger partial charge in [0.25, 0.3) is 11.8 Å². The van der Waals surface area contributed by atoms with Crippen LogP contribution in [-0.2, 0) is 13.0 Å². The summed E-state index contributed by atoms with van der Waals surface area (Å²) in [5.41, 5.74) is 5.11. The van der Waals surface area contributed by atoms with Crippen molar-refractivity contribution in [3.63, 3.8) is 0 Å². The van der Waals surface area contributed by atoms with E-state index in [4.69, 9.17) is 4.98 Å². The molecular weight excluding hydrogens is 530 g/mol. The van der Waals surface area contributed by atoms with Gasteiger partial charge in [-0.05, 0) is 72.1 Å². The third-order valence-electron chi connectivity index (χ3n) is 6.93. The van der Waals surface area contributed by atoms with Crippen LogP contribution in [0.4, 0.5) is 11.6 Å². The maximum Gasteiger partial charge on any atom is 0.268 e. The lowest BCUT2D eigenvalue weighted by Gasteiger charge is -2.17. The van der Waals surface area contributed by atoms with Gasteiger partial charge in [0, 0.05) is 42.1 Å². The van der Waals surface area contributed by atoms with Crippen LogP contribution in [0, 0.1) is 0 Å². The monoisotopic (exact) mass is 557 g/mol. The molecule has 0 unspecified atom stereocenters. The Hall–Kier alpha value is -5.08. The van der Waals surface area contributed by atoms with E-state index in [-0.39, 0.29) is 11.8 Å². The first-order valence-electron chi connectivity index (χ1n) is 13.3. The number of aromatic nitrogens is 3. The highest BCUT2D eigenvalue weighted by Crippen LogP contribution is 2.30. The lowest BCUT2D eigenvalue weighted by molar-refractivity contribution is 0.0991. The van der Waals surface area contributed by atoms with E-state index in [2.05, 4.69) is 22.4 Å². The van der Waals surface area contributed by atoms with E-state index in [0.29, 0.717) is 28.5 Å². The molecule has 6 rings (SSSR count). The lowest BCUT2D eigenvalue weighted by Crippen LogP contribution is -2.26. The van der Waals surface area contributed by atoms with Crippen molar-refractivity contribution in [1.82, 2.24) is 14.5 Å². The second kappa shape index (κ2) is 11.6. The van der Waals surface area contributed by atoms with E-state index < -0.39 is 0 Å². The molecule has 0 aliphatic carbocycles. The van der Waals surface area contributed by atoms with Crippen LogP contribution in [0.25, 0.3) is 21.5 Å². The van der Waals surface area contributed by atoms with Crippen LogP contribution in [0.3, 0.4) is 0 Å². The van der Waals surface area contributed by atoms with Crippen molar-refractivity contribution in [1.29, 1.82) is 0 Å². The molecule has 3 aromatic heterocycles. The Morgan fingerprint density at radius 1 is 0.878 bits per heavy atom. The largest absolute Gasteiger partial charge is 0.311 e. The number of nitrogens with one attached hydrogen (secondary N) is 1. The highest BCUT2D eigenvalue weighted by Gasteiger charge is 2.19. The first kappa shape index (κ1) is 26.2. The number of amides is 2. The number of carbonyl (C=O) groups is 2. The quantitative estimate of drug-likeness (QED) is 0.220. The zero-order chi connectivity index (χ0) is 28.2. The lowest BCUT2D eigenvalue weighted by atomic mass is 10.1. The number of benzene rings is 3. The fourth-order valence-electron chi connectivity index (χ4n) is 4.72. The summed E-state index contributed by atoms with van der Waals surface area (Å²) in [5, 5.41) is 3.05. The van der Waals surface area contributed by atoms with Crippen LogP contribution in [0.15, 0.2) is 116 Å². The van der Waals surface area contributed by atoms with Gasteiger partial charge in [-0.3, -0.25) is 19.9 Å². The summed E-state index contributed by atoms with van der Waals surface area (Å²) in [6.07, 6.45) is 4.25. The molecule has 7 nitrogen and oxygen atoms in total.